The van der Waals surface area contributed by atoms with Crippen LogP contribution in [0, 0.1) is 15.9 Å². The van der Waals surface area contributed by atoms with Crippen molar-refractivity contribution < 1.29 is 18.8 Å². The summed E-state index contributed by atoms with van der Waals surface area (Å²) in [5.74, 6) is -1.29. The predicted molar refractivity (Wildman–Crippen MR) is 66.0 cm³/mol. The fraction of sp³-hybridized carbons (Fsp3) is 0.364. The van der Waals surface area contributed by atoms with Crippen molar-refractivity contribution in [2.75, 3.05) is 6.61 Å². The number of ether oxygens (including phenoxy) is 1. The Hall–Kier alpha value is -1.50. The molecule has 0 saturated heterocycles. The molecule has 1 rings (SSSR count). The maximum absolute atomic E-state index is 13.3. The van der Waals surface area contributed by atoms with Crippen molar-refractivity contribution in [3.05, 3.63) is 39.2 Å². The van der Waals surface area contributed by atoms with E-state index in [9.17, 15) is 19.3 Å². The van der Waals surface area contributed by atoms with Gasteiger partial charge in [0.2, 0.25) is 0 Å². The van der Waals surface area contributed by atoms with Crippen LogP contribution in [0.2, 0.25) is 0 Å². The maximum Gasteiger partial charge on any atom is 0.310 e. The molecule has 18 heavy (non-hydrogen) atoms. The van der Waals surface area contributed by atoms with Gasteiger partial charge in [-0.3, -0.25) is 14.9 Å². The summed E-state index contributed by atoms with van der Waals surface area (Å²) in [5.41, 5.74) is 0.206. The molecule has 0 spiro atoms. The predicted octanol–water partition coefficient (Wildman–Crippen LogP) is 2.73. The van der Waals surface area contributed by atoms with Gasteiger partial charge in [0.1, 0.15) is 5.82 Å². The van der Waals surface area contributed by atoms with Crippen molar-refractivity contribution in [1.82, 2.24) is 0 Å². The van der Waals surface area contributed by atoms with E-state index in [-0.39, 0.29) is 35.2 Å². The zero-order chi connectivity index (χ0) is 13.7. The first kappa shape index (κ1) is 14.6. The molecular formula is C11H11BrFNO4. The van der Waals surface area contributed by atoms with E-state index in [4.69, 9.17) is 4.74 Å². The summed E-state index contributed by atoms with van der Waals surface area (Å²) in [6, 6.07) is 1.95. The van der Waals surface area contributed by atoms with Crippen molar-refractivity contribution in [1.29, 1.82) is 0 Å². The van der Waals surface area contributed by atoms with Gasteiger partial charge in [-0.25, -0.2) is 4.39 Å². The second kappa shape index (κ2) is 6.44. The zero-order valence-electron chi connectivity index (χ0n) is 9.61. The monoisotopic (exact) mass is 319 g/mol. The molecule has 0 heterocycles. The third kappa shape index (κ3) is 3.49. The normalized spacial score (nSPS) is 10.2. The molecule has 0 N–H and O–H groups in total. The lowest BCUT2D eigenvalue weighted by Gasteiger charge is -2.08. The second-order valence-corrected chi connectivity index (χ2v) is 4.00. The topological polar surface area (TPSA) is 69.4 Å². The SMILES string of the molecule is CCOC(=O)Cc1cc(F)cc([N+](=O)[O-])c1CBr. The Kier molecular flexibility index (Phi) is 5.21. The highest BCUT2D eigenvalue weighted by Crippen LogP contribution is 2.27. The van der Waals surface area contributed by atoms with Crippen LogP contribution in [0.25, 0.3) is 0 Å². The number of alkyl halides is 1. The van der Waals surface area contributed by atoms with Crippen LogP contribution < -0.4 is 0 Å². The first-order valence-electron chi connectivity index (χ1n) is 5.16. The summed E-state index contributed by atoms with van der Waals surface area (Å²) < 4.78 is 18.0. The van der Waals surface area contributed by atoms with Crippen LogP contribution in [-0.4, -0.2) is 17.5 Å². The van der Waals surface area contributed by atoms with Crippen LogP contribution in [0.3, 0.4) is 0 Å². The molecule has 0 bridgehead atoms. The maximum atomic E-state index is 13.3. The minimum atomic E-state index is -0.745. The number of esters is 1. The lowest BCUT2D eigenvalue weighted by molar-refractivity contribution is -0.385. The number of rotatable bonds is 5. The van der Waals surface area contributed by atoms with E-state index in [0.717, 1.165) is 12.1 Å². The van der Waals surface area contributed by atoms with Gasteiger partial charge in [-0.1, -0.05) is 15.9 Å². The minimum Gasteiger partial charge on any atom is -0.466 e. The Morgan fingerprint density at radius 2 is 2.22 bits per heavy atom. The summed E-state index contributed by atoms with van der Waals surface area (Å²) >= 11 is 3.10. The van der Waals surface area contributed by atoms with Crippen molar-refractivity contribution in [2.24, 2.45) is 0 Å². The lowest BCUT2D eigenvalue weighted by atomic mass is 10.0. The minimum absolute atomic E-state index is 0.165. The molecule has 1 aromatic carbocycles. The summed E-state index contributed by atoms with van der Waals surface area (Å²) in [4.78, 5) is 21.5. The van der Waals surface area contributed by atoms with Gasteiger partial charge in [0.15, 0.2) is 0 Å². The number of halogens is 2. The molecule has 0 aromatic heterocycles. The Morgan fingerprint density at radius 1 is 1.56 bits per heavy atom. The highest BCUT2D eigenvalue weighted by molar-refractivity contribution is 9.08. The highest BCUT2D eigenvalue weighted by atomic mass is 79.9. The molecule has 0 atom stereocenters. The van der Waals surface area contributed by atoms with Crippen LogP contribution in [0.4, 0.5) is 10.1 Å². The Morgan fingerprint density at radius 3 is 2.72 bits per heavy atom. The Bertz CT molecular complexity index is 478. The fourth-order valence-corrected chi connectivity index (χ4v) is 2.17. The Balaban J connectivity index is 3.17. The molecule has 5 nitrogen and oxygen atoms in total. The Labute approximate surface area is 111 Å². The van der Waals surface area contributed by atoms with Gasteiger partial charge in [0.25, 0.3) is 5.69 Å². The molecule has 0 aliphatic heterocycles. The number of nitro benzene ring substituents is 1. The highest BCUT2D eigenvalue weighted by Gasteiger charge is 2.20. The summed E-state index contributed by atoms with van der Waals surface area (Å²) in [5, 5.41) is 11.0. The second-order valence-electron chi connectivity index (χ2n) is 3.44. The molecule has 0 aliphatic carbocycles. The third-order valence-corrected chi connectivity index (χ3v) is 2.81. The largest absolute Gasteiger partial charge is 0.466 e. The van der Waals surface area contributed by atoms with E-state index >= 15 is 0 Å². The van der Waals surface area contributed by atoms with Gasteiger partial charge < -0.3 is 4.74 Å². The van der Waals surface area contributed by atoms with Gasteiger partial charge in [-0.2, -0.15) is 0 Å². The molecule has 0 saturated carbocycles. The third-order valence-electron chi connectivity index (χ3n) is 2.25. The molecule has 0 amide bonds. The van der Waals surface area contributed by atoms with Gasteiger partial charge in [-0.05, 0) is 18.6 Å². The molecule has 7 heteroatoms. The summed E-state index contributed by atoms with van der Waals surface area (Å²) in [7, 11) is 0. The summed E-state index contributed by atoms with van der Waals surface area (Å²) in [6.07, 6.45) is -0.187. The van der Waals surface area contributed by atoms with E-state index in [1.807, 2.05) is 0 Å². The molecular weight excluding hydrogens is 309 g/mol. The van der Waals surface area contributed by atoms with E-state index < -0.39 is 16.7 Å². The van der Waals surface area contributed by atoms with Crippen LogP contribution in [0.5, 0.6) is 0 Å². The molecule has 0 aliphatic rings. The smallest absolute Gasteiger partial charge is 0.310 e. The van der Waals surface area contributed by atoms with Crippen molar-refractivity contribution in [3.8, 4) is 0 Å². The standard InChI is InChI=1S/C11H11BrFNO4/c1-2-18-11(15)4-7-3-8(13)5-10(14(16)17)9(7)6-12/h3,5H,2,4,6H2,1H3. The number of nitro groups is 1. The number of benzene rings is 1. The van der Waals surface area contributed by atoms with Gasteiger partial charge in [0.05, 0.1) is 24.0 Å². The lowest BCUT2D eigenvalue weighted by Crippen LogP contribution is -2.10. The van der Waals surface area contributed by atoms with Crippen LogP contribution in [-0.2, 0) is 21.3 Å². The molecule has 98 valence electrons. The van der Waals surface area contributed by atoms with Crippen molar-refractivity contribution >= 4 is 27.6 Å². The van der Waals surface area contributed by atoms with Gasteiger partial charge >= 0.3 is 5.97 Å². The average Bonchev–Trinajstić information content (AvgIpc) is 2.28. The number of hydrogen-bond donors (Lipinski definition) is 0. The molecule has 0 fully saturated rings. The first-order valence-corrected chi connectivity index (χ1v) is 6.29. The molecule has 1 aromatic rings. The fourth-order valence-electron chi connectivity index (χ4n) is 1.52. The molecule has 0 radical (unpaired) electrons. The first-order chi connectivity index (χ1) is 8.49. The van der Waals surface area contributed by atoms with Crippen molar-refractivity contribution in [3.63, 3.8) is 0 Å². The molecule has 0 unspecified atom stereocenters. The number of carbonyl (C=O) groups is 1. The summed E-state index contributed by atoms with van der Waals surface area (Å²) in [6.45, 7) is 1.86. The van der Waals surface area contributed by atoms with E-state index in [1.165, 1.54) is 0 Å². The van der Waals surface area contributed by atoms with Gasteiger partial charge in [0, 0.05) is 10.9 Å². The average molecular weight is 320 g/mol. The quantitative estimate of drug-likeness (QED) is 0.362. The number of hydrogen-bond acceptors (Lipinski definition) is 4. The van der Waals surface area contributed by atoms with E-state index in [0.29, 0.717) is 0 Å². The number of carbonyl (C=O) groups excluding carboxylic acids is 1. The van der Waals surface area contributed by atoms with Gasteiger partial charge in [-0.15, -0.1) is 0 Å². The zero-order valence-corrected chi connectivity index (χ0v) is 11.2. The van der Waals surface area contributed by atoms with Crippen molar-refractivity contribution in [2.45, 2.75) is 18.7 Å². The van der Waals surface area contributed by atoms with Crippen LogP contribution in [0.15, 0.2) is 12.1 Å². The van der Waals surface area contributed by atoms with E-state index in [1.54, 1.807) is 6.92 Å². The number of nitrogens with zero attached hydrogens (tertiary/aromatic N) is 1. The van der Waals surface area contributed by atoms with Crippen LogP contribution >= 0.6 is 15.9 Å². The van der Waals surface area contributed by atoms with Crippen LogP contribution in [0.1, 0.15) is 18.1 Å². The van der Waals surface area contributed by atoms with E-state index in [2.05, 4.69) is 15.9 Å².